The van der Waals surface area contributed by atoms with Crippen LogP contribution in [-0.2, 0) is 24.5 Å². The molecule has 0 spiro atoms. The van der Waals surface area contributed by atoms with Crippen LogP contribution in [0.4, 0.5) is 5.69 Å². The van der Waals surface area contributed by atoms with Crippen LogP contribution in [0.5, 0.6) is 11.5 Å². The van der Waals surface area contributed by atoms with Crippen molar-refractivity contribution in [2.45, 2.75) is 19.8 Å². The summed E-state index contributed by atoms with van der Waals surface area (Å²) < 4.78 is 16.4. The molecule has 0 saturated heterocycles. The number of hydrogen-bond acceptors (Lipinski definition) is 4. The van der Waals surface area contributed by atoms with Gasteiger partial charge in [-0.3, -0.25) is 4.99 Å². The van der Waals surface area contributed by atoms with E-state index in [1.165, 1.54) is 5.56 Å². The SMILES string of the molecule is CN=C(NCc1ccc(COCc2ccccc2)cc1)Nc1ccc(OC)c(OC)c1. The molecule has 0 radical (unpaired) electrons. The van der Waals surface area contributed by atoms with Crippen LogP contribution in [0.2, 0.25) is 0 Å². The fraction of sp³-hybridized carbons (Fsp3) is 0.240. The predicted octanol–water partition coefficient (Wildman–Crippen LogP) is 4.61. The van der Waals surface area contributed by atoms with E-state index in [9.17, 15) is 0 Å². The highest BCUT2D eigenvalue weighted by atomic mass is 16.5. The number of methoxy groups -OCH3 is 2. The first kappa shape index (κ1) is 22.2. The Morgan fingerprint density at radius 1 is 0.774 bits per heavy atom. The highest BCUT2D eigenvalue weighted by molar-refractivity contribution is 5.93. The Kier molecular flexibility index (Phi) is 8.31. The van der Waals surface area contributed by atoms with Crippen molar-refractivity contribution in [1.82, 2.24) is 5.32 Å². The van der Waals surface area contributed by atoms with Crippen LogP contribution < -0.4 is 20.1 Å². The fourth-order valence-electron chi connectivity index (χ4n) is 3.03. The third-order valence-corrected chi connectivity index (χ3v) is 4.73. The second-order valence-electron chi connectivity index (χ2n) is 6.92. The predicted molar refractivity (Wildman–Crippen MR) is 125 cm³/mol. The van der Waals surface area contributed by atoms with Gasteiger partial charge in [0.1, 0.15) is 0 Å². The number of aliphatic imine (C=N–C) groups is 1. The number of guanidine groups is 1. The molecule has 6 heteroatoms. The molecule has 0 saturated carbocycles. The monoisotopic (exact) mass is 419 g/mol. The number of nitrogens with one attached hydrogen (secondary N) is 2. The summed E-state index contributed by atoms with van der Waals surface area (Å²) in [4.78, 5) is 4.29. The quantitative estimate of drug-likeness (QED) is 0.392. The third kappa shape index (κ3) is 6.76. The van der Waals surface area contributed by atoms with Crippen LogP contribution >= 0.6 is 0 Å². The van der Waals surface area contributed by atoms with Crippen molar-refractivity contribution in [3.8, 4) is 11.5 Å². The number of hydrogen-bond donors (Lipinski definition) is 2. The summed E-state index contributed by atoms with van der Waals surface area (Å²) in [5, 5.41) is 6.58. The maximum Gasteiger partial charge on any atom is 0.195 e. The van der Waals surface area contributed by atoms with Crippen LogP contribution in [0.15, 0.2) is 77.8 Å². The molecule has 0 aliphatic carbocycles. The van der Waals surface area contributed by atoms with Gasteiger partial charge in [-0.1, -0.05) is 54.6 Å². The maximum absolute atomic E-state index is 5.80. The van der Waals surface area contributed by atoms with E-state index >= 15 is 0 Å². The molecule has 0 aliphatic heterocycles. The zero-order chi connectivity index (χ0) is 21.9. The van der Waals surface area contributed by atoms with Gasteiger partial charge in [0.15, 0.2) is 17.5 Å². The molecule has 0 aliphatic rings. The molecule has 31 heavy (non-hydrogen) atoms. The van der Waals surface area contributed by atoms with Gasteiger partial charge in [-0.15, -0.1) is 0 Å². The van der Waals surface area contributed by atoms with E-state index in [4.69, 9.17) is 14.2 Å². The van der Waals surface area contributed by atoms with E-state index < -0.39 is 0 Å². The lowest BCUT2D eigenvalue weighted by Gasteiger charge is -2.14. The minimum Gasteiger partial charge on any atom is -0.493 e. The average molecular weight is 420 g/mol. The first-order valence-corrected chi connectivity index (χ1v) is 10.1. The van der Waals surface area contributed by atoms with Crippen LogP contribution in [0.25, 0.3) is 0 Å². The topological polar surface area (TPSA) is 64.1 Å². The summed E-state index contributed by atoms with van der Waals surface area (Å²) in [5.74, 6) is 2.01. The molecule has 0 atom stereocenters. The summed E-state index contributed by atoms with van der Waals surface area (Å²) in [5.41, 5.74) is 4.34. The fourth-order valence-corrected chi connectivity index (χ4v) is 3.03. The molecule has 3 aromatic rings. The Morgan fingerprint density at radius 3 is 2.06 bits per heavy atom. The largest absolute Gasteiger partial charge is 0.493 e. The first-order valence-electron chi connectivity index (χ1n) is 10.1. The Hall–Kier alpha value is -3.51. The van der Waals surface area contributed by atoms with Crippen molar-refractivity contribution >= 4 is 11.6 Å². The van der Waals surface area contributed by atoms with Gasteiger partial charge >= 0.3 is 0 Å². The Morgan fingerprint density at radius 2 is 1.42 bits per heavy atom. The number of anilines is 1. The molecule has 0 unspecified atom stereocenters. The molecule has 0 aromatic heterocycles. The Labute approximate surface area is 183 Å². The summed E-state index contributed by atoms with van der Waals surface area (Å²) in [6.07, 6.45) is 0. The van der Waals surface area contributed by atoms with E-state index in [0.717, 1.165) is 16.8 Å². The Balaban J connectivity index is 1.48. The van der Waals surface area contributed by atoms with E-state index in [0.29, 0.717) is 37.2 Å². The van der Waals surface area contributed by atoms with Gasteiger partial charge < -0.3 is 24.8 Å². The highest BCUT2D eigenvalue weighted by Gasteiger charge is 2.06. The van der Waals surface area contributed by atoms with Gasteiger partial charge in [0.2, 0.25) is 0 Å². The lowest BCUT2D eigenvalue weighted by Crippen LogP contribution is -2.30. The molecular formula is C25H29N3O3. The molecular weight excluding hydrogens is 390 g/mol. The van der Waals surface area contributed by atoms with E-state index in [1.54, 1.807) is 21.3 Å². The molecule has 6 nitrogen and oxygen atoms in total. The zero-order valence-electron chi connectivity index (χ0n) is 18.2. The molecule has 0 heterocycles. The minimum absolute atomic E-state index is 0.588. The molecule has 3 aromatic carbocycles. The second kappa shape index (κ2) is 11.6. The lowest BCUT2D eigenvalue weighted by molar-refractivity contribution is 0.107. The summed E-state index contributed by atoms with van der Waals surface area (Å²) in [7, 11) is 4.97. The van der Waals surface area contributed by atoms with E-state index in [2.05, 4.69) is 52.0 Å². The maximum atomic E-state index is 5.80. The number of benzene rings is 3. The van der Waals surface area contributed by atoms with Crippen molar-refractivity contribution in [2.24, 2.45) is 4.99 Å². The van der Waals surface area contributed by atoms with Gasteiger partial charge in [0.25, 0.3) is 0 Å². The number of rotatable bonds is 9. The van der Waals surface area contributed by atoms with Gasteiger partial charge in [0.05, 0.1) is 27.4 Å². The molecule has 2 N–H and O–H groups in total. The molecule has 0 fully saturated rings. The summed E-state index contributed by atoms with van der Waals surface area (Å²) in [6.45, 7) is 1.85. The standard InChI is InChI=1S/C25H29N3O3/c1-26-25(28-22-13-14-23(29-2)24(15-22)30-3)27-16-19-9-11-21(12-10-19)18-31-17-20-7-5-4-6-8-20/h4-15H,16-18H2,1-3H3,(H2,26,27,28). The van der Waals surface area contributed by atoms with Gasteiger partial charge in [-0.05, 0) is 28.8 Å². The van der Waals surface area contributed by atoms with Crippen LogP contribution in [0.1, 0.15) is 16.7 Å². The van der Waals surface area contributed by atoms with E-state index in [1.807, 2.05) is 36.4 Å². The van der Waals surface area contributed by atoms with Crippen molar-refractivity contribution in [2.75, 3.05) is 26.6 Å². The van der Waals surface area contributed by atoms with Gasteiger partial charge in [-0.2, -0.15) is 0 Å². The summed E-state index contributed by atoms with van der Waals surface area (Å²) >= 11 is 0. The first-order chi connectivity index (χ1) is 15.2. The number of nitrogens with zero attached hydrogens (tertiary/aromatic N) is 1. The molecule has 3 rings (SSSR count). The smallest absolute Gasteiger partial charge is 0.195 e. The number of ether oxygens (including phenoxy) is 3. The van der Waals surface area contributed by atoms with Crippen LogP contribution in [0, 0.1) is 0 Å². The van der Waals surface area contributed by atoms with Crippen LogP contribution in [0.3, 0.4) is 0 Å². The van der Waals surface area contributed by atoms with Crippen molar-refractivity contribution < 1.29 is 14.2 Å². The summed E-state index contributed by atoms with van der Waals surface area (Å²) in [6, 6.07) is 24.2. The highest BCUT2D eigenvalue weighted by Crippen LogP contribution is 2.29. The van der Waals surface area contributed by atoms with Crippen molar-refractivity contribution in [3.05, 3.63) is 89.5 Å². The second-order valence-corrected chi connectivity index (χ2v) is 6.92. The third-order valence-electron chi connectivity index (χ3n) is 4.73. The molecule has 162 valence electrons. The normalized spacial score (nSPS) is 11.1. The average Bonchev–Trinajstić information content (AvgIpc) is 2.83. The Bertz CT molecular complexity index is 973. The van der Waals surface area contributed by atoms with Gasteiger partial charge in [0, 0.05) is 25.3 Å². The molecule has 0 amide bonds. The lowest BCUT2D eigenvalue weighted by atomic mass is 10.1. The van der Waals surface area contributed by atoms with Crippen LogP contribution in [-0.4, -0.2) is 27.2 Å². The zero-order valence-corrected chi connectivity index (χ0v) is 18.2. The van der Waals surface area contributed by atoms with Gasteiger partial charge in [-0.25, -0.2) is 0 Å². The van der Waals surface area contributed by atoms with E-state index in [-0.39, 0.29) is 0 Å². The molecule has 0 bridgehead atoms. The minimum atomic E-state index is 0.588. The van der Waals surface area contributed by atoms with Crippen molar-refractivity contribution in [1.29, 1.82) is 0 Å². The van der Waals surface area contributed by atoms with Crippen molar-refractivity contribution in [3.63, 3.8) is 0 Å².